The summed E-state index contributed by atoms with van der Waals surface area (Å²) in [6.45, 7) is 0. The highest BCUT2D eigenvalue weighted by atomic mass is 14.9. The second kappa shape index (κ2) is 9.18. The van der Waals surface area contributed by atoms with Crippen LogP contribution in [-0.2, 0) is 0 Å². The van der Waals surface area contributed by atoms with E-state index in [9.17, 15) is 0 Å². The van der Waals surface area contributed by atoms with E-state index < -0.39 is 0 Å². The summed E-state index contributed by atoms with van der Waals surface area (Å²) in [6, 6.07) is 26.7. The Morgan fingerprint density at radius 1 is 0.316 bits per heavy atom. The first-order valence-corrected chi connectivity index (χ1v) is 12.0. The maximum Gasteiger partial charge on any atom is 0.117 e. The molecule has 0 aliphatic rings. The van der Waals surface area contributed by atoms with Gasteiger partial charge in [0.25, 0.3) is 0 Å². The van der Waals surface area contributed by atoms with Crippen molar-refractivity contribution >= 4 is 22.1 Å². The molecule has 0 bridgehead atoms. The monoisotopic (exact) mass is 490 g/mol. The van der Waals surface area contributed by atoms with Gasteiger partial charge in [-0.1, -0.05) is 24.3 Å². The van der Waals surface area contributed by atoms with E-state index >= 15 is 0 Å². The van der Waals surface area contributed by atoms with Crippen molar-refractivity contribution in [1.82, 2.24) is 39.9 Å². The fourth-order valence-electron chi connectivity index (χ4n) is 4.33. The molecule has 0 fully saturated rings. The van der Waals surface area contributed by atoms with Gasteiger partial charge >= 0.3 is 0 Å². The quantitative estimate of drug-likeness (QED) is 0.284. The molecule has 0 saturated heterocycles. The Morgan fingerprint density at radius 3 is 0.789 bits per heavy atom. The van der Waals surface area contributed by atoms with Crippen molar-refractivity contribution in [2.45, 2.75) is 0 Å². The maximum atomic E-state index is 4.99. The molecule has 0 aliphatic heterocycles. The van der Waals surface area contributed by atoms with Crippen LogP contribution in [-0.4, -0.2) is 39.9 Å². The van der Waals surface area contributed by atoms with Crippen LogP contribution in [0.5, 0.6) is 0 Å². The zero-order valence-corrected chi connectivity index (χ0v) is 20.0. The van der Waals surface area contributed by atoms with Crippen molar-refractivity contribution in [1.29, 1.82) is 0 Å². The molecule has 178 valence electrons. The summed E-state index contributed by atoms with van der Waals surface area (Å²) in [5.41, 5.74) is 8.21. The summed E-state index contributed by atoms with van der Waals surface area (Å²) in [4.78, 5) is 38.1. The molecular formula is C30H18N8. The lowest BCUT2D eigenvalue weighted by Crippen LogP contribution is -2.01. The number of hydrogen-bond acceptors (Lipinski definition) is 8. The zero-order valence-electron chi connectivity index (χ0n) is 20.0. The van der Waals surface area contributed by atoms with Gasteiger partial charge < -0.3 is 0 Å². The van der Waals surface area contributed by atoms with Crippen LogP contribution >= 0.6 is 0 Å². The first-order valence-electron chi connectivity index (χ1n) is 12.0. The van der Waals surface area contributed by atoms with Crippen LogP contribution in [0.2, 0.25) is 0 Å². The average molecular weight is 491 g/mol. The number of rotatable bonds is 4. The third kappa shape index (κ3) is 3.90. The molecule has 0 amide bonds. The summed E-state index contributed by atoms with van der Waals surface area (Å²) >= 11 is 0. The van der Waals surface area contributed by atoms with E-state index in [2.05, 4.69) is 19.9 Å². The van der Waals surface area contributed by atoms with Crippen LogP contribution in [0.1, 0.15) is 0 Å². The van der Waals surface area contributed by atoms with Gasteiger partial charge in [-0.2, -0.15) is 0 Å². The normalized spacial score (nSPS) is 11.2. The number of aromatic nitrogens is 8. The van der Waals surface area contributed by atoms with Gasteiger partial charge in [0.05, 0.1) is 44.8 Å². The minimum atomic E-state index is 0.652. The first-order chi connectivity index (χ1) is 18.8. The van der Waals surface area contributed by atoms with E-state index in [0.717, 1.165) is 0 Å². The highest BCUT2D eigenvalue weighted by molar-refractivity contribution is 5.95. The predicted octanol–water partition coefficient (Wildman–Crippen LogP) is 5.82. The van der Waals surface area contributed by atoms with Crippen LogP contribution in [0.3, 0.4) is 0 Å². The van der Waals surface area contributed by atoms with E-state index in [4.69, 9.17) is 19.9 Å². The van der Waals surface area contributed by atoms with E-state index in [1.54, 1.807) is 24.8 Å². The fourth-order valence-corrected chi connectivity index (χ4v) is 4.33. The smallest absolute Gasteiger partial charge is 0.117 e. The molecule has 1 aromatic carbocycles. The molecule has 7 rings (SSSR count). The lowest BCUT2D eigenvalue weighted by Gasteiger charge is -2.12. The highest BCUT2D eigenvalue weighted by Crippen LogP contribution is 2.32. The van der Waals surface area contributed by atoms with Gasteiger partial charge in [-0.25, -0.2) is 19.9 Å². The SMILES string of the molecule is c1ccc(-c2nc3cc4nc(-c5ccccn5)c(-c5ccccn5)nc4cc3nc2-c2ccccn2)nc1. The highest BCUT2D eigenvalue weighted by Gasteiger charge is 2.19. The van der Waals surface area contributed by atoms with Crippen LogP contribution in [0.4, 0.5) is 0 Å². The minimum Gasteiger partial charge on any atom is -0.255 e. The van der Waals surface area contributed by atoms with Crippen LogP contribution in [0, 0.1) is 0 Å². The largest absolute Gasteiger partial charge is 0.255 e. The van der Waals surface area contributed by atoms with Crippen LogP contribution < -0.4 is 0 Å². The standard InChI is InChI=1S/C30H18N8/c1-5-13-31-19(9-1)27-28(20-10-2-6-14-32-20)36-24-18-26-25(17-23(24)35-27)37-29(21-11-3-7-15-33-21)30(38-26)22-12-4-8-16-34-22/h1-18H. The second-order valence-electron chi connectivity index (χ2n) is 8.53. The number of hydrogen-bond donors (Lipinski definition) is 0. The van der Waals surface area contributed by atoms with E-state index in [1.807, 2.05) is 84.9 Å². The van der Waals surface area contributed by atoms with Crippen LogP contribution in [0.25, 0.3) is 67.6 Å². The fraction of sp³-hybridized carbons (Fsp3) is 0. The molecule has 38 heavy (non-hydrogen) atoms. The molecule has 0 atom stereocenters. The predicted molar refractivity (Wildman–Crippen MR) is 146 cm³/mol. The molecule has 8 nitrogen and oxygen atoms in total. The molecule has 0 radical (unpaired) electrons. The topological polar surface area (TPSA) is 103 Å². The average Bonchev–Trinajstić information content (AvgIpc) is 3.00. The summed E-state index contributed by atoms with van der Waals surface area (Å²) in [5.74, 6) is 0. The van der Waals surface area contributed by atoms with Gasteiger partial charge in [-0.05, 0) is 60.7 Å². The molecule has 0 spiro atoms. The van der Waals surface area contributed by atoms with Gasteiger partial charge in [-0.3, -0.25) is 19.9 Å². The van der Waals surface area contributed by atoms with Crippen molar-refractivity contribution in [2.75, 3.05) is 0 Å². The summed E-state index contributed by atoms with van der Waals surface area (Å²) in [5, 5.41) is 0. The molecule has 0 saturated carbocycles. The molecule has 7 aromatic rings. The molecule has 6 heterocycles. The van der Waals surface area contributed by atoms with Crippen molar-refractivity contribution in [3.8, 4) is 45.6 Å². The van der Waals surface area contributed by atoms with Crippen molar-refractivity contribution in [3.05, 3.63) is 110 Å². The van der Waals surface area contributed by atoms with Crippen LogP contribution in [0.15, 0.2) is 110 Å². The van der Waals surface area contributed by atoms with Gasteiger partial charge in [0.1, 0.15) is 22.8 Å². The van der Waals surface area contributed by atoms with Crippen molar-refractivity contribution in [3.63, 3.8) is 0 Å². The van der Waals surface area contributed by atoms with Gasteiger partial charge in [-0.15, -0.1) is 0 Å². The number of benzene rings is 1. The third-order valence-electron chi connectivity index (χ3n) is 6.08. The Bertz CT molecular complexity index is 1620. The number of fused-ring (bicyclic) bond motifs is 2. The summed E-state index contributed by atoms with van der Waals surface area (Å²) in [6.07, 6.45) is 6.97. The Balaban J connectivity index is 1.51. The maximum absolute atomic E-state index is 4.99. The van der Waals surface area contributed by atoms with Gasteiger partial charge in [0.15, 0.2) is 0 Å². The van der Waals surface area contributed by atoms with Crippen molar-refractivity contribution in [2.24, 2.45) is 0 Å². The molecular weight excluding hydrogens is 472 g/mol. The first kappa shape index (κ1) is 21.8. The summed E-state index contributed by atoms with van der Waals surface area (Å²) in [7, 11) is 0. The van der Waals surface area contributed by atoms with Gasteiger partial charge in [0, 0.05) is 24.8 Å². The number of nitrogens with zero attached hydrogens (tertiary/aromatic N) is 8. The minimum absolute atomic E-state index is 0.652. The van der Waals surface area contributed by atoms with E-state index in [0.29, 0.717) is 67.6 Å². The Hall–Kier alpha value is -5.50. The molecule has 0 N–H and O–H groups in total. The molecule has 0 aliphatic carbocycles. The summed E-state index contributed by atoms with van der Waals surface area (Å²) < 4.78 is 0. The molecule has 0 unspecified atom stereocenters. The van der Waals surface area contributed by atoms with Gasteiger partial charge in [0.2, 0.25) is 0 Å². The second-order valence-corrected chi connectivity index (χ2v) is 8.53. The third-order valence-corrected chi connectivity index (χ3v) is 6.08. The molecule has 8 heteroatoms. The number of pyridine rings is 4. The zero-order chi connectivity index (χ0) is 25.3. The Kier molecular flexibility index (Phi) is 5.26. The van der Waals surface area contributed by atoms with Crippen molar-refractivity contribution < 1.29 is 0 Å². The lowest BCUT2D eigenvalue weighted by molar-refractivity contribution is 1.19. The molecule has 6 aromatic heterocycles. The lowest BCUT2D eigenvalue weighted by atomic mass is 10.1. The Labute approximate surface area is 217 Å². The van der Waals surface area contributed by atoms with E-state index in [1.165, 1.54) is 0 Å². The Morgan fingerprint density at radius 2 is 0.579 bits per heavy atom. The van der Waals surface area contributed by atoms with E-state index in [-0.39, 0.29) is 0 Å².